The smallest absolute Gasteiger partial charge is 0.318 e. The number of piperidine rings is 1. The highest BCUT2D eigenvalue weighted by Gasteiger charge is 2.31. The van der Waals surface area contributed by atoms with Crippen molar-refractivity contribution in [3.63, 3.8) is 0 Å². The highest BCUT2D eigenvalue weighted by molar-refractivity contribution is 5.87. The average molecular weight is 299 g/mol. The molecule has 0 bridgehead atoms. The summed E-state index contributed by atoms with van der Waals surface area (Å²) >= 11 is 0. The Hall–Kier alpha value is -1.79. The minimum Gasteiger partial charge on any atom is -0.481 e. The Morgan fingerprint density at radius 3 is 2.62 bits per heavy atom. The number of likely N-dealkylation sites (tertiary alicyclic amines) is 1. The lowest BCUT2D eigenvalue weighted by molar-refractivity contribution is -0.137. The summed E-state index contributed by atoms with van der Waals surface area (Å²) in [5.74, 6) is -0.910. The number of aliphatic carboxylic acids is 1. The number of carboxylic acids is 1. The third-order valence-corrected chi connectivity index (χ3v) is 3.66. The van der Waals surface area contributed by atoms with Crippen molar-refractivity contribution in [2.24, 2.45) is 0 Å². The molecule has 0 aromatic rings. The third-order valence-electron chi connectivity index (χ3n) is 3.66. The van der Waals surface area contributed by atoms with Crippen molar-refractivity contribution in [2.45, 2.75) is 51.0 Å². The monoisotopic (exact) mass is 299 g/mol. The molecule has 3 amide bonds. The molecule has 0 aliphatic carbocycles. The molecule has 1 aliphatic rings. The van der Waals surface area contributed by atoms with E-state index in [0.29, 0.717) is 25.9 Å². The van der Waals surface area contributed by atoms with Gasteiger partial charge >= 0.3 is 12.0 Å². The molecule has 7 nitrogen and oxygen atoms in total. The first-order valence-electron chi connectivity index (χ1n) is 7.54. The maximum absolute atomic E-state index is 12.1. The van der Waals surface area contributed by atoms with Crippen LogP contribution in [0.4, 0.5) is 4.79 Å². The molecular weight excluding hydrogens is 274 g/mol. The summed E-state index contributed by atoms with van der Waals surface area (Å²) in [6, 6.07) is -0.586. The van der Waals surface area contributed by atoms with Gasteiger partial charge in [0.2, 0.25) is 5.91 Å². The van der Waals surface area contributed by atoms with Gasteiger partial charge in [0, 0.05) is 26.6 Å². The van der Waals surface area contributed by atoms with E-state index in [0.717, 1.165) is 25.7 Å². The molecule has 1 fully saturated rings. The molecule has 120 valence electrons. The van der Waals surface area contributed by atoms with Gasteiger partial charge in [0.25, 0.3) is 0 Å². The van der Waals surface area contributed by atoms with Gasteiger partial charge in [0.05, 0.1) is 0 Å². The van der Waals surface area contributed by atoms with Crippen LogP contribution in [0.15, 0.2) is 0 Å². The van der Waals surface area contributed by atoms with E-state index < -0.39 is 5.97 Å². The molecule has 1 aliphatic heterocycles. The van der Waals surface area contributed by atoms with Crippen molar-refractivity contribution < 1.29 is 19.5 Å². The van der Waals surface area contributed by atoms with Gasteiger partial charge in [-0.2, -0.15) is 0 Å². The van der Waals surface area contributed by atoms with Crippen LogP contribution in [0.3, 0.4) is 0 Å². The molecule has 3 N–H and O–H groups in total. The van der Waals surface area contributed by atoms with E-state index >= 15 is 0 Å². The van der Waals surface area contributed by atoms with Crippen LogP contribution in [-0.2, 0) is 9.59 Å². The Morgan fingerprint density at radius 2 is 1.95 bits per heavy atom. The van der Waals surface area contributed by atoms with Crippen molar-refractivity contribution in [2.75, 3.05) is 20.1 Å². The molecule has 1 unspecified atom stereocenters. The summed E-state index contributed by atoms with van der Waals surface area (Å²) in [6.45, 7) is 1.11. The quantitative estimate of drug-likeness (QED) is 0.609. The van der Waals surface area contributed by atoms with Gasteiger partial charge in [-0.3, -0.25) is 9.59 Å². The third kappa shape index (κ3) is 6.01. The number of carboxylic acid groups (broad SMARTS) is 1. The van der Waals surface area contributed by atoms with Crippen LogP contribution in [0.2, 0.25) is 0 Å². The van der Waals surface area contributed by atoms with E-state index in [9.17, 15) is 14.4 Å². The first kappa shape index (κ1) is 17.3. The predicted molar refractivity (Wildman–Crippen MR) is 77.9 cm³/mol. The van der Waals surface area contributed by atoms with Crippen LogP contribution in [-0.4, -0.2) is 54.1 Å². The first-order valence-corrected chi connectivity index (χ1v) is 7.54. The van der Waals surface area contributed by atoms with Gasteiger partial charge in [-0.1, -0.05) is 6.42 Å². The van der Waals surface area contributed by atoms with Gasteiger partial charge in [-0.15, -0.1) is 0 Å². The minimum atomic E-state index is -0.791. The second-order valence-electron chi connectivity index (χ2n) is 5.26. The van der Waals surface area contributed by atoms with Gasteiger partial charge in [-0.05, 0) is 32.1 Å². The number of hydrogen-bond acceptors (Lipinski definition) is 3. The van der Waals surface area contributed by atoms with Gasteiger partial charge in [0.1, 0.15) is 6.04 Å². The zero-order valence-electron chi connectivity index (χ0n) is 12.6. The number of carbonyl (C=O) groups excluding carboxylic acids is 2. The highest BCUT2D eigenvalue weighted by Crippen LogP contribution is 2.17. The number of urea groups is 1. The number of amides is 3. The fraction of sp³-hybridized carbons (Fsp3) is 0.786. The first-order chi connectivity index (χ1) is 10.1. The zero-order chi connectivity index (χ0) is 15.7. The Morgan fingerprint density at radius 1 is 1.19 bits per heavy atom. The van der Waals surface area contributed by atoms with Crippen LogP contribution >= 0.6 is 0 Å². The maximum Gasteiger partial charge on any atom is 0.318 e. The molecule has 0 aromatic carbocycles. The molecule has 7 heteroatoms. The molecule has 1 rings (SSSR count). The molecule has 0 radical (unpaired) electrons. The number of nitrogens with zero attached hydrogens (tertiary/aromatic N) is 1. The second-order valence-corrected chi connectivity index (χ2v) is 5.26. The number of carbonyl (C=O) groups is 3. The zero-order valence-corrected chi connectivity index (χ0v) is 12.6. The van der Waals surface area contributed by atoms with E-state index in [4.69, 9.17) is 5.11 Å². The van der Waals surface area contributed by atoms with Crippen molar-refractivity contribution >= 4 is 17.9 Å². The predicted octanol–water partition coefficient (Wildman–Crippen LogP) is 0.941. The lowest BCUT2D eigenvalue weighted by atomic mass is 10.0. The average Bonchev–Trinajstić information content (AvgIpc) is 2.49. The van der Waals surface area contributed by atoms with Crippen molar-refractivity contribution in [1.82, 2.24) is 15.5 Å². The molecule has 0 saturated carbocycles. The SMILES string of the molecule is CNC(=O)C1CCCCN1C(=O)NCCCCCC(=O)O. The number of nitrogens with one attached hydrogen (secondary N) is 2. The van der Waals surface area contributed by atoms with Gasteiger partial charge < -0.3 is 20.6 Å². The summed E-state index contributed by atoms with van der Waals surface area (Å²) in [4.78, 5) is 35.8. The number of unbranched alkanes of at least 4 members (excludes halogenated alkanes) is 2. The molecule has 0 spiro atoms. The lowest BCUT2D eigenvalue weighted by Gasteiger charge is -2.34. The van der Waals surface area contributed by atoms with E-state index in [1.165, 1.54) is 0 Å². The molecular formula is C14H25N3O4. The van der Waals surface area contributed by atoms with Crippen LogP contribution in [0.1, 0.15) is 44.9 Å². The summed E-state index contributed by atoms with van der Waals surface area (Å²) < 4.78 is 0. The topological polar surface area (TPSA) is 98.7 Å². The second kappa shape index (κ2) is 9.20. The van der Waals surface area contributed by atoms with Gasteiger partial charge in [0.15, 0.2) is 0 Å². The maximum atomic E-state index is 12.1. The summed E-state index contributed by atoms with van der Waals surface area (Å²) in [5, 5.41) is 13.9. The Labute approximate surface area is 125 Å². The molecule has 0 aromatic heterocycles. The molecule has 1 heterocycles. The van der Waals surface area contributed by atoms with Crippen molar-refractivity contribution in [3.05, 3.63) is 0 Å². The van der Waals surface area contributed by atoms with E-state index in [-0.39, 0.29) is 24.4 Å². The van der Waals surface area contributed by atoms with Crippen LogP contribution < -0.4 is 10.6 Å². The van der Waals surface area contributed by atoms with E-state index in [1.54, 1.807) is 11.9 Å². The van der Waals surface area contributed by atoms with Crippen molar-refractivity contribution in [3.8, 4) is 0 Å². The Kier molecular flexibility index (Phi) is 7.56. The molecule has 21 heavy (non-hydrogen) atoms. The van der Waals surface area contributed by atoms with Crippen LogP contribution in [0, 0.1) is 0 Å². The lowest BCUT2D eigenvalue weighted by Crippen LogP contribution is -2.54. The van der Waals surface area contributed by atoms with Crippen LogP contribution in [0.25, 0.3) is 0 Å². The summed E-state index contributed by atoms with van der Waals surface area (Å²) in [6.07, 6.45) is 4.87. The number of hydrogen-bond donors (Lipinski definition) is 3. The summed E-state index contributed by atoms with van der Waals surface area (Å²) in [5.41, 5.74) is 0. The molecule has 1 atom stereocenters. The Bertz CT molecular complexity index is 373. The van der Waals surface area contributed by atoms with Crippen LogP contribution in [0.5, 0.6) is 0 Å². The highest BCUT2D eigenvalue weighted by atomic mass is 16.4. The normalized spacial score (nSPS) is 18.1. The largest absolute Gasteiger partial charge is 0.481 e. The van der Waals surface area contributed by atoms with E-state index in [1.807, 2.05) is 0 Å². The summed E-state index contributed by atoms with van der Waals surface area (Å²) in [7, 11) is 1.58. The molecule has 1 saturated heterocycles. The van der Waals surface area contributed by atoms with E-state index in [2.05, 4.69) is 10.6 Å². The fourth-order valence-electron chi connectivity index (χ4n) is 2.49. The number of likely N-dealkylation sites (N-methyl/N-ethyl adjacent to an activating group) is 1. The van der Waals surface area contributed by atoms with Crippen molar-refractivity contribution in [1.29, 1.82) is 0 Å². The minimum absolute atomic E-state index is 0.119. The van der Waals surface area contributed by atoms with Gasteiger partial charge in [-0.25, -0.2) is 4.79 Å². The number of rotatable bonds is 7. The standard InChI is InChI=1S/C14H25N3O4/c1-15-13(20)11-7-4-6-10-17(11)14(21)16-9-5-2-3-8-12(18)19/h11H,2-10H2,1H3,(H,15,20)(H,16,21)(H,18,19). The Balaban J connectivity index is 2.29. The fourth-order valence-corrected chi connectivity index (χ4v) is 2.49.